The Hall–Kier alpha value is -1.85. The maximum absolute atomic E-state index is 11.9. The van der Waals surface area contributed by atoms with Gasteiger partial charge in [0.1, 0.15) is 0 Å². The molecule has 0 bridgehead atoms. The topological polar surface area (TPSA) is 58.6 Å². The molecule has 2 heterocycles. The predicted molar refractivity (Wildman–Crippen MR) is 72.2 cm³/mol. The molecule has 1 aliphatic heterocycles. The number of carbonyl (C=O) groups is 1. The molecule has 0 radical (unpaired) electrons. The molecule has 1 aliphatic rings. The van der Waals surface area contributed by atoms with Crippen molar-refractivity contribution < 1.29 is 9.53 Å². The van der Waals surface area contributed by atoms with Gasteiger partial charge in [-0.1, -0.05) is 0 Å². The lowest BCUT2D eigenvalue weighted by molar-refractivity contribution is -0.133. The van der Waals surface area contributed by atoms with Crippen LogP contribution in [0, 0.1) is 5.92 Å². The van der Waals surface area contributed by atoms with E-state index in [9.17, 15) is 4.79 Å². The Morgan fingerprint density at radius 1 is 1.42 bits per heavy atom. The SMILES string of the molecule is COc1ccnc(N2CCC(C(=O)N(C)C)CC2)n1. The number of nitrogens with zero attached hydrogens (tertiary/aromatic N) is 4. The highest BCUT2D eigenvalue weighted by atomic mass is 16.5. The summed E-state index contributed by atoms with van der Waals surface area (Å²) in [6.45, 7) is 1.61. The van der Waals surface area contributed by atoms with Gasteiger partial charge in [0.15, 0.2) is 0 Å². The highest BCUT2D eigenvalue weighted by Gasteiger charge is 2.27. The second kappa shape index (κ2) is 5.86. The van der Waals surface area contributed by atoms with E-state index in [1.807, 2.05) is 0 Å². The second-order valence-electron chi connectivity index (χ2n) is 4.89. The molecule has 2 rings (SSSR count). The van der Waals surface area contributed by atoms with Crippen molar-refractivity contribution in [2.45, 2.75) is 12.8 Å². The van der Waals surface area contributed by atoms with Crippen LogP contribution in [0.1, 0.15) is 12.8 Å². The number of piperidine rings is 1. The van der Waals surface area contributed by atoms with Gasteiger partial charge < -0.3 is 14.5 Å². The van der Waals surface area contributed by atoms with Gasteiger partial charge in [0.05, 0.1) is 7.11 Å². The largest absolute Gasteiger partial charge is 0.481 e. The zero-order chi connectivity index (χ0) is 13.8. The van der Waals surface area contributed by atoms with E-state index in [-0.39, 0.29) is 11.8 Å². The Balaban J connectivity index is 1.97. The van der Waals surface area contributed by atoms with Gasteiger partial charge in [-0.15, -0.1) is 0 Å². The number of amides is 1. The van der Waals surface area contributed by atoms with Crippen LogP contribution in [0.25, 0.3) is 0 Å². The standard InChI is InChI=1S/C13H20N4O2/c1-16(2)12(18)10-5-8-17(9-6-10)13-14-7-4-11(15-13)19-3/h4,7,10H,5-6,8-9H2,1-3H3. The van der Waals surface area contributed by atoms with Gasteiger partial charge in [0, 0.05) is 45.4 Å². The number of hydrogen-bond acceptors (Lipinski definition) is 5. The van der Waals surface area contributed by atoms with Crippen molar-refractivity contribution in [3.8, 4) is 5.88 Å². The molecule has 6 heteroatoms. The van der Waals surface area contributed by atoms with Crippen molar-refractivity contribution in [2.75, 3.05) is 39.2 Å². The molecule has 6 nitrogen and oxygen atoms in total. The number of anilines is 1. The molecule has 1 fully saturated rings. The summed E-state index contributed by atoms with van der Waals surface area (Å²) in [6, 6.07) is 1.73. The van der Waals surface area contributed by atoms with E-state index < -0.39 is 0 Å². The van der Waals surface area contributed by atoms with Crippen molar-refractivity contribution in [3.63, 3.8) is 0 Å². The van der Waals surface area contributed by atoms with Crippen molar-refractivity contribution >= 4 is 11.9 Å². The predicted octanol–water partition coefficient (Wildman–Crippen LogP) is 0.790. The van der Waals surface area contributed by atoms with E-state index in [1.54, 1.807) is 38.4 Å². The molecule has 0 spiro atoms. The van der Waals surface area contributed by atoms with Crippen molar-refractivity contribution in [2.24, 2.45) is 5.92 Å². The van der Waals surface area contributed by atoms with Crippen molar-refractivity contribution in [1.82, 2.24) is 14.9 Å². The summed E-state index contributed by atoms with van der Waals surface area (Å²) in [6.07, 6.45) is 3.38. The van der Waals surface area contributed by atoms with Gasteiger partial charge in [-0.2, -0.15) is 4.98 Å². The van der Waals surface area contributed by atoms with E-state index in [4.69, 9.17) is 4.74 Å². The minimum atomic E-state index is 0.122. The highest BCUT2D eigenvalue weighted by molar-refractivity contribution is 5.78. The number of aromatic nitrogens is 2. The minimum absolute atomic E-state index is 0.122. The smallest absolute Gasteiger partial charge is 0.228 e. The van der Waals surface area contributed by atoms with Gasteiger partial charge in [0.2, 0.25) is 17.7 Å². The zero-order valence-corrected chi connectivity index (χ0v) is 11.7. The minimum Gasteiger partial charge on any atom is -0.481 e. The maximum atomic E-state index is 11.9. The molecular formula is C13H20N4O2. The molecule has 1 aromatic rings. The summed E-state index contributed by atoms with van der Waals surface area (Å²) in [7, 11) is 5.20. The van der Waals surface area contributed by atoms with Crippen LogP contribution >= 0.6 is 0 Å². The first kappa shape index (κ1) is 13.6. The first-order chi connectivity index (χ1) is 9.11. The van der Waals surface area contributed by atoms with Gasteiger partial charge in [-0.05, 0) is 12.8 Å². The molecule has 0 N–H and O–H groups in total. The van der Waals surface area contributed by atoms with Crippen molar-refractivity contribution in [1.29, 1.82) is 0 Å². The van der Waals surface area contributed by atoms with Gasteiger partial charge in [-0.3, -0.25) is 4.79 Å². The molecule has 19 heavy (non-hydrogen) atoms. The average Bonchev–Trinajstić information content (AvgIpc) is 2.46. The Morgan fingerprint density at radius 2 is 2.11 bits per heavy atom. The third-order valence-corrected chi connectivity index (χ3v) is 3.39. The van der Waals surface area contributed by atoms with E-state index in [1.165, 1.54) is 0 Å². The second-order valence-corrected chi connectivity index (χ2v) is 4.89. The summed E-state index contributed by atoms with van der Waals surface area (Å²) < 4.78 is 5.10. The van der Waals surface area contributed by atoms with Crippen LogP contribution < -0.4 is 9.64 Å². The number of methoxy groups -OCH3 is 1. The number of carbonyl (C=O) groups excluding carboxylic acids is 1. The van der Waals surface area contributed by atoms with E-state index in [2.05, 4.69) is 14.9 Å². The van der Waals surface area contributed by atoms with Crippen LogP contribution in [-0.2, 0) is 4.79 Å². The maximum Gasteiger partial charge on any atom is 0.228 e. The highest BCUT2D eigenvalue weighted by Crippen LogP contribution is 2.22. The van der Waals surface area contributed by atoms with Crippen LogP contribution in [0.15, 0.2) is 12.3 Å². The fourth-order valence-electron chi connectivity index (χ4n) is 2.29. The molecule has 1 aromatic heterocycles. The Labute approximate surface area is 113 Å². The lowest BCUT2D eigenvalue weighted by Gasteiger charge is -2.32. The van der Waals surface area contributed by atoms with Crippen LogP contribution in [0.5, 0.6) is 5.88 Å². The molecule has 0 aromatic carbocycles. The summed E-state index contributed by atoms with van der Waals surface area (Å²) in [5.41, 5.74) is 0. The van der Waals surface area contributed by atoms with E-state index in [0.717, 1.165) is 25.9 Å². The Morgan fingerprint density at radius 3 is 2.68 bits per heavy atom. The van der Waals surface area contributed by atoms with Crippen LogP contribution in [0.3, 0.4) is 0 Å². The number of hydrogen-bond donors (Lipinski definition) is 0. The number of rotatable bonds is 3. The molecule has 1 amide bonds. The van der Waals surface area contributed by atoms with Gasteiger partial charge >= 0.3 is 0 Å². The Kier molecular flexibility index (Phi) is 4.19. The quantitative estimate of drug-likeness (QED) is 0.808. The third kappa shape index (κ3) is 3.13. The fraction of sp³-hybridized carbons (Fsp3) is 0.615. The summed E-state index contributed by atoms with van der Waals surface area (Å²) >= 11 is 0. The molecule has 104 valence electrons. The number of ether oxygens (including phenoxy) is 1. The molecule has 0 saturated carbocycles. The molecule has 1 saturated heterocycles. The van der Waals surface area contributed by atoms with Gasteiger partial charge in [-0.25, -0.2) is 4.98 Å². The van der Waals surface area contributed by atoms with E-state index in [0.29, 0.717) is 11.8 Å². The van der Waals surface area contributed by atoms with Crippen LogP contribution in [-0.4, -0.2) is 55.1 Å². The fourth-order valence-corrected chi connectivity index (χ4v) is 2.29. The molecule has 0 aliphatic carbocycles. The van der Waals surface area contributed by atoms with Gasteiger partial charge in [0.25, 0.3) is 0 Å². The molecule has 0 unspecified atom stereocenters. The zero-order valence-electron chi connectivity index (χ0n) is 11.7. The average molecular weight is 264 g/mol. The normalized spacial score (nSPS) is 16.3. The van der Waals surface area contributed by atoms with Crippen molar-refractivity contribution in [3.05, 3.63) is 12.3 Å². The summed E-state index contributed by atoms with van der Waals surface area (Å²) in [5, 5.41) is 0. The summed E-state index contributed by atoms with van der Waals surface area (Å²) in [4.78, 5) is 24.2. The Bertz CT molecular complexity index is 442. The first-order valence-corrected chi connectivity index (χ1v) is 6.45. The first-order valence-electron chi connectivity index (χ1n) is 6.45. The van der Waals surface area contributed by atoms with Crippen LogP contribution in [0.2, 0.25) is 0 Å². The lowest BCUT2D eigenvalue weighted by Crippen LogP contribution is -2.40. The van der Waals surface area contributed by atoms with Crippen LogP contribution in [0.4, 0.5) is 5.95 Å². The van der Waals surface area contributed by atoms with E-state index >= 15 is 0 Å². The molecule has 0 atom stereocenters. The molecular weight excluding hydrogens is 244 g/mol. The third-order valence-electron chi connectivity index (χ3n) is 3.39. The summed E-state index contributed by atoms with van der Waals surface area (Å²) in [5.74, 6) is 1.58. The monoisotopic (exact) mass is 264 g/mol. The lowest BCUT2D eigenvalue weighted by atomic mass is 9.96.